The Kier molecular flexibility index (Phi) is 3.99. The van der Waals surface area contributed by atoms with Crippen molar-refractivity contribution in [2.75, 3.05) is 0 Å². The van der Waals surface area contributed by atoms with Crippen LogP contribution < -0.4 is 5.32 Å². The number of amides is 1. The van der Waals surface area contributed by atoms with E-state index in [2.05, 4.69) is 10.3 Å². The third-order valence-electron chi connectivity index (χ3n) is 2.63. The number of carbonyl (C=O) groups is 1. The monoisotopic (exact) mass is 280 g/mol. The van der Waals surface area contributed by atoms with E-state index >= 15 is 0 Å². The molecule has 0 aliphatic rings. The van der Waals surface area contributed by atoms with E-state index in [1.807, 2.05) is 30.7 Å². The van der Waals surface area contributed by atoms with Crippen LogP contribution in [0.15, 0.2) is 29.1 Å². The molecule has 1 amide bonds. The van der Waals surface area contributed by atoms with Gasteiger partial charge in [0.15, 0.2) is 0 Å². The Morgan fingerprint density at radius 3 is 2.94 bits per heavy atom. The van der Waals surface area contributed by atoms with Crippen LogP contribution >= 0.6 is 22.9 Å². The summed E-state index contributed by atoms with van der Waals surface area (Å²) in [6, 6.07) is 3.64. The van der Waals surface area contributed by atoms with Gasteiger partial charge in [-0.25, -0.2) is 0 Å². The Balaban J connectivity index is 2.12. The zero-order valence-electron chi connectivity index (χ0n) is 10.1. The van der Waals surface area contributed by atoms with Crippen molar-refractivity contribution < 1.29 is 4.79 Å². The lowest BCUT2D eigenvalue weighted by Gasteiger charge is -2.13. The van der Waals surface area contributed by atoms with Crippen LogP contribution in [0.5, 0.6) is 0 Å². The van der Waals surface area contributed by atoms with Gasteiger partial charge in [-0.05, 0) is 42.3 Å². The molecular formula is C13H13ClN2OS. The topological polar surface area (TPSA) is 42.0 Å². The maximum absolute atomic E-state index is 12.1. The molecule has 3 nitrogen and oxygen atoms in total. The van der Waals surface area contributed by atoms with Gasteiger partial charge in [-0.15, -0.1) is 0 Å². The third-order valence-corrected chi connectivity index (χ3v) is 3.64. The molecular weight excluding hydrogens is 268 g/mol. The van der Waals surface area contributed by atoms with Gasteiger partial charge >= 0.3 is 0 Å². The highest BCUT2D eigenvalue weighted by molar-refractivity contribution is 7.07. The molecule has 94 valence electrons. The van der Waals surface area contributed by atoms with Crippen molar-refractivity contribution in [3.8, 4) is 0 Å². The number of nitrogens with zero attached hydrogens (tertiary/aromatic N) is 1. The molecule has 0 radical (unpaired) electrons. The zero-order chi connectivity index (χ0) is 13.1. The van der Waals surface area contributed by atoms with Crippen LogP contribution in [0.3, 0.4) is 0 Å². The molecule has 0 aliphatic heterocycles. The van der Waals surface area contributed by atoms with Gasteiger partial charge in [-0.1, -0.05) is 11.6 Å². The van der Waals surface area contributed by atoms with Gasteiger partial charge in [-0.2, -0.15) is 11.3 Å². The molecule has 1 atom stereocenters. The van der Waals surface area contributed by atoms with Crippen molar-refractivity contribution in [2.24, 2.45) is 0 Å². The molecule has 2 heterocycles. The Bertz CT molecular complexity index is 554. The number of hydrogen-bond acceptors (Lipinski definition) is 3. The lowest BCUT2D eigenvalue weighted by atomic mass is 10.1. The van der Waals surface area contributed by atoms with Crippen molar-refractivity contribution in [3.63, 3.8) is 0 Å². The smallest absolute Gasteiger partial charge is 0.254 e. The number of aryl methyl sites for hydroxylation is 1. The highest BCUT2D eigenvalue weighted by atomic mass is 35.5. The Morgan fingerprint density at radius 2 is 2.33 bits per heavy atom. The molecule has 0 bridgehead atoms. The highest BCUT2D eigenvalue weighted by Gasteiger charge is 2.14. The van der Waals surface area contributed by atoms with Gasteiger partial charge in [0.1, 0.15) is 0 Å². The molecule has 0 aliphatic carbocycles. The Morgan fingerprint density at radius 1 is 1.56 bits per heavy atom. The summed E-state index contributed by atoms with van der Waals surface area (Å²) in [4.78, 5) is 16.1. The summed E-state index contributed by atoms with van der Waals surface area (Å²) in [5, 5.41) is 7.33. The van der Waals surface area contributed by atoms with Gasteiger partial charge < -0.3 is 5.32 Å². The van der Waals surface area contributed by atoms with E-state index < -0.39 is 0 Å². The third kappa shape index (κ3) is 2.89. The molecule has 2 aromatic heterocycles. The van der Waals surface area contributed by atoms with Crippen LogP contribution in [0.1, 0.15) is 34.6 Å². The first-order chi connectivity index (χ1) is 8.58. The standard InChI is InChI=1S/C13H13ClN2OS/c1-8-5-12(14)11(6-15-8)13(17)16-9(2)10-3-4-18-7-10/h3-7,9H,1-2H3,(H,16,17). The van der Waals surface area contributed by atoms with E-state index in [0.717, 1.165) is 11.3 Å². The number of pyridine rings is 1. The number of thiophene rings is 1. The number of hydrogen-bond donors (Lipinski definition) is 1. The molecule has 0 saturated carbocycles. The predicted octanol–water partition coefficient (Wildman–Crippen LogP) is 3.60. The number of nitrogens with one attached hydrogen (secondary N) is 1. The minimum Gasteiger partial charge on any atom is -0.345 e. The fourth-order valence-corrected chi connectivity index (χ4v) is 2.62. The van der Waals surface area contributed by atoms with Crippen LogP contribution in [-0.4, -0.2) is 10.9 Å². The summed E-state index contributed by atoms with van der Waals surface area (Å²) in [7, 11) is 0. The van der Waals surface area contributed by atoms with Crippen LogP contribution in [0, 0.1) is 6.92 Å². The maximum atomic E-state index is 12.1. The van der Waals surface area contributed by atoms with E-state index in [-0.39, 0.29) is 11.9 Å². The summed E-state index contributed by atoms with van der Waals surface area (Å²) in [5.41, 5.74) is 2.29. The fraction of sp³-hybridized carbons (Fsp3) is 0.231. The summed E-state index contributed by atoms with van der Waals surface area (Å²) in [5.74, 6) is -0.203. The summed E-state index contributed by atoms with van der Waals surface area (Å²) in [6.07, 6.45) is 1.51. The molecule has 0 spiro atoms. The average molecular weight is 281 g/mol. The molecule has 18 heavy (non-hydrogen) atoms. The van der Waals surface area contributed by atoms with Crippen LogP contribution in [0.25, 0.3) is 0 Å². The second-order valence-electron chi connectivity index (χ2n) is 4.06. The van der Waals surface area contributed by atoms with Crippen molar-refractivity contribution in [1.82, 2.24) is 10.3 Å². The van der Waals surface area contributed by atoms with E-state index in [1.54, 1.807) is 17.4 Å². The zero-order valence-corrected chi connectivity index (χ0v) is 11.7. The first kappa shape index (κ1) is 13.1. The van der Waals surface area contributed by atoms with Crippen molar-refractivity contribution in [3.05, 3.63) is 50.9 Å². The molecule has 2 rings (SSSR count). The van der Waals surface area contributed by atoms with Crippen LogP contribution in [0.4, 0.5) is 0 Å². The van der Waals surface area contributed by atoms with Gasteiger partial charge in [-0.3, -0.25) is 9.78 Å². The second kappa shape index (κ2) is 5.50. The largest absolute Gasteiger partial charge is 0.345 e. The first-order valence-corrected chi connectivity index (χ1v) is 6.85. The Hall–Kier alpha value is -1.39. The molecule has 1 N–H and O–H groups in total. The SMILES string of the molecule is Cc1cc(Cl)c(C(=O)NC(C)c2ccsc2)cn1. The van der Waals surface area contributed by atoms with Gasteiger partial charge in [0.05, 0.1) is 16.6 Å². The van der Waals surface area contributed by atoms with E-state index in [9.17, 15) is 4.79 Å². The minimum atomic E-state index is -0.203. The number of carbonyl (C=O) groups excluding carboxylic acids is 1. The molecule has 0 fully saturated rings. The summed E-state index contributed by atoms with van der Waals surface area (Å²) in [6.45, 7) is 3.77. The number of aromatic nitrogens is 1. The van der Waals surface area contributed by atoms with Gasteiger partial charge in [0, 0.05) is 11.9 Å². The second-order valence-corrected chi connectivity index (χ2v) is 5.24. The van der Waals surface area contributed by atoms with Crippen molar-refractivity contribution in [1.29, 1.82) is 0 Å². The molecule has 5 heteroatoms. The molecule has 2 aromatic rings. The lowest BCUT2D eigenvalue weighted by Crippen LogP contribution is -2.26. The summed E-state index contributed by atoms with van der Waals surface area (Å²) < 4.78 is 0. The highest BCUT2D eigenvalue weighted by Crippen LogP contribution is 2.19. The van der Waals surface area contributed by atoms with Crippen LogP contribution in [-0.2, 0) is 0 Å². The minimum absolute atomic E-state index is 0.0406. The quantitative estimate of drug-likeness (QED) is 0.933. The molecule has 0 aromatic carbocycles. The predicted molar refractivity (Wildman–Crippen MR) is 74.2 cm³/mol. The maximum Gasteiger partial charge on any atom is 0.254 e. The molecule has 0 saturated heterocycles. The van der Waals surface area contributed by atoms with Gasteiger partial charge in [0.25, 0.3) is 5.91 Å². The normalized spacial score (nSPS) is 12.2. The van der Waals surface area contributed by atoms with Crippen molar-refractivity contribution in [2.45, 2.75) is 19.9 Å². The van der Waals surface area contributed by atoms with Crippen LogP contribution in [0.2, 0.25) is 5.02 Å². The first-order valence-electron chi connectivity index (χ1n) is 5.53. The van der Waals surface area contributed by atoms with E-state index in [1.165, 1.54) is 6.20 Å². The average Bonchev–Trinajstić information content (AvgIpc) is 2.81. The summed E-state index contributed by atoms with van der Waals surface area (Å²) >= 11 is 7.64. The number of rotatable bonds is 3. The van der Waals surface area contributed by atoms with E-state index in [0.29, 0.717) is 10.6 Å². The van der Waals surface area contributed by atoms with E-state index in [4.69, 9.17) is 11.6 Å². The molecule has 1 unspecified atom stereocenters. The fourth-order valence-electron chi connectivity index (χ4n) is 1.57. The van der Waals surface area contributed by atoms with Gasteiger partial charge in [0.2, 0.25) is 0 Å². The number of halogens is 1. The lowest BCUT2D eigenvalue weighted by molar-refractivity contribution is 0.0939. The van der Waals surface area contributed by atoms with Crippen molar-refractivity contribution >= 4 is 28.8 Å². The Labute approximate surface area is 115 Å².